The molecule has 0 aliphatic rings. The fourth-order valence-corrected chi connectivity index (χ4v) is 2.27. The molecule has 0 fully saturated rings. The Morgan fingerprint density at radius 1 is 1.15 bits per heavy atom. The minimum atomic E-state index is 0.494. The topological polar surface area (TPSA) is 49.9 Å². The van der Waals surface area contributed by atoms with Crippen LogP contribution in [0.3, 0.4) is 0 Å². The predicted molar refractivity (Wildman–Crippen MR) is 81.0 cm³/mol. The van der Waals surface area contributed by atoms with Gasteiger partial charge in [0.05, 0.1) is 0 Å². The van der Waals surface area contributed by atoms with Gasteiger partial charge in [-0.25, -0.2) is 0 Å². The zero-order chi connectivity index (χ0) is 14.5. The summed E-state index contributed by atoms with van der Waals surface area (Å²) < 4.78 is 5.88. The van der Waals surface area contributed by atoms with E-state index in [1.54, 1.807) is 0 Å². The van der Waals surface area contributed by atoms with Gasteiger partial charge in [0, 0.05) is 17.8 Å². The summed E-state index contributed by atoms with van der Waals surface area (Å²) in [6.45, 7) is 10.6. The molecule has 0 radical (unpaired) electrons. The molecule has 4 nitrogen and oxygen atoms in total. The molecule has 1 aromatic carbocycles. The fourth-order valence-electron chi connectivity index (χ4n) is 2.27. The second kappa shape index (κ2) is 6.57. The number of aryl methyl sites for hydroxylation is 3. The van der Waals surface area contributed by atoms with Gasteiger partial charge in [-0.3, -0.25) is 5.10 Å². The van der Waals surface area contributed by atoms with Crippen LogP contribution in [0.5, 0.6) is 5.75 Å². The Hall–Kier alpha value is -1.81. The summed E-state index contributed by atoms with van der Waals surface area (Å²) >= 11 is 0. The predicted octanol–water partition coefficient (Wildman–Crippen LogP) is 3.02. The third-order valence-corrected chi connectivity index (χ3v) is 3.28. The zero-order valence-electron chi connectivity index (χ0n) is 12.7. The van der Waals surface area contributed by atoms with Crippen LogP contribution >= 0.6 is 0 Å². The first kappa shape index (κ1) is 14.6. The molecule has 0 aliphatic heterocycles. The molecule has 0 spiro atoms. The van der Waals surface area contributed by atoms with Crippen LogP contribution in [0.2, 0.25) is 0 Å². The maximum Gasteiger partial charge on any atom is 0.132 e. The molecule has 2 aromatic rings. The summed E-state index contributed by atoms with van der Waals surface area (Å²) in [6.07, 6.45) is 0. The summed E-state index contributed by atoms with van der Waals surface area (Å²) in [5.74, 6) is 0.901. The molecule has 0 saturated carbocycles. The van der Waals surface area contributed by atoms with Crippen LogP contribution in [0.4, 0.5) is 0 Å². The highest BCUT2D eigenvalue weighted by Crippen LogP contribution is 2.19. The first-order chi connectivity index (χ1) is 9.60. The number of nitrogens with zero attached hydrogens (tertiary/aromatic N) is 1. The van der Waals surface area contributed by atoms with E-state index in [2.05, 4.69) is 54.5 Å². The van der Waals surface area contributed by atoms with Crippen LogP contribution in [0.15, 0.2) is 18.2 Å². The fraction of sp³-hybridized carbons (Fsp3) is 0.438. The van der Waals surface area contributed by atoms with Gasteiger partial charge in [0.25, 0.3) is 0 Å². The third-order valence-electron chi connectivity index (χ3n) is 3.28. The van der Waals surface area contributed by atoms with Crippen molar-refractivity contribution in [2.45, 2.75) is 40.8 Å². The lowest BCUT2D eigenvalue weighted by Gasteiger charge is -2.09. The number of nitrogens with one attached hydrogen (secondary N) is 2. The molecule has 0 atom stereocenters. The average Bonchev–Trinajstić information content (AvgIpc) is 2.73. The lowest BCUT2D eigenvalue weighted by molar-refractivity contribution is 0.299. The number of hydrogen-bond donors (Lipinski definition) is 2. The van der Waals surface area contributed by atoms with E-state index in [9.17, 15) is 0 Å². The van der Waals surface area contributed by atoms with Crippen molar-refractivity contribution < 1.29 is 4.74 Å². The van der Waals surface area contributed by atoms with Gasteiger partial charge in [-0.15, -0.1) is 0 Å². The maximum absolute atomic E-state index is 5.88. The Morgan fingerprint density at radius 3 is 2.50 bits per heavy atom. The van der Waals surface area contributed by atoms with Gasteiger partial charge >= 0.3 is 0 Å². The van der Waals surface area contributed by atoms with Crippen molar-refractivity contribution in [3.8, 4) is 5.75 Å². The normalized spacial score (nSPS) is 10.8. The number of H-pyrrole nitrogens is 1. The Morgan fingerprint density at radius 2 is 1.85 bits per heavy atom. The van der Waals surface area contributed by atoms with Crippen molar-refractivity contribution in [3.63, 3.8) is 0 Å². The maximum atomic E-state index is 5.88. The average molecular weight is 273 g/mol. The largest absolute Gasteiger partial charge is 0.487 e. The van der Waals surface area contributed by atoms with Crippen LogP contribution in [-0.4, -0.2) is 16.7 Å². The van der Waals surface area contributed by atoms with Crippen molar-refractivity contribution in [3.05, 3.63) is 46.3 Å². The number of hydrogen-bond acceptors (Lipinski definition) is 3. The smallest absolute Gasteiger partial charge is 0.132 e. The monoisotopic (exact) mass is 273 g/mol. The number of ether oxygens (including phenoxy) is 1. The van der Waals surface area contributed by atoms with E-state index in [0.717, 1.165) is 30.2 Å². The molecular weight excluding hydrogens is 250 g/mol. The van der Waals surface area contributed by atoms with E-state index >= 15 is 0 Å². The van der Waals surface area contributed by atoms with Gasteiger partial charge in [0.2, 0.25) is 0 Å². The van der Waals surface area contributed by atoms with Crippen LogP contribution in [-0.2, 0) is 13.2 Å². The lowest BCUT2D eigenvalue weighted by Crippen LogP contribution is -2.14. The van der Waals surface area contributed by atoms with E-state index in [4.69, 9.17) is 4.74 Å². The van der Waals surface area contributed by atoms with Crippen molar-refractivity contribution in [1.29, 1.82) is 0 Å². The van der Waals surface area contributed by atoms with Gasteiger partial charge in [-0.2, -0.15) is 5.10 Å². The SMILES string of the molecule is CCNCc1c(COc2cc(C)cc(C)c2)n[nH]c1C. The Labute approximate surface area is 120 Å². The number of aromatic amines is 1. The highest BCUT2D eigenvalue weighted by Gasteiger charge is 2.10. The molecule has 1 aromatic heterocycles. The molecule has 4 heteroatoms. The van der Waals surface area contributed by atoms with E-state index in [1.807, 2.05) is 6.92 Å². The van der Waals surface area contributed by atoms with Crippen molar-refractivity contribution >= 4 is 0 Å². The molecule has 108 valence electrons. The summed E-state index contributed by atoms with van der Waals surface area (Å²) in [5.41, 5.74) is 5.71. The molecule has 0 unspecified atom stereocenters. The van der Waals surface area contributed by atoms with Crippen molar-refractivity contribution in [2.24, 2.45) is 0 Å². The van der Waals surface area contributed by atoms with Gasteiger partial charge in [0.15, 0.2) is 0 Å². The van der Waals surface area contributed by atoms with E-state index in [1.165, 1.54) is 16.7 Å². The minimum Gasteiger partial charge on any atom is -0.487 e. The molecule has 0 saturated heterocycles. The van der Waals surface area contributed by atoms with Crippen LogP contribution in [0, 0.1) is 20.8 Å². The number of aromatic nitrogens is 2. The van der Waals surface area contributed by atoms with Gasteiger partial charge in [0.1, 0.15) is 18.1 Å². The van der Waals surface area contributed by atoms with Gasteiger partial charge < -0.3 is 10.1 Å². The molecule has 0 aliphatic carbocycles. The molecule has 0 bridgehead atoms. The molecule has 0 amide bonds. The Kier molecular flexibility index (Phi) is 4.79. The summed E-state index contributed by atoms with van der Waals surface area (Å²) in [5, 5.41) is 10.7. The second-order valence-electron chi connectivity index (χ2n) is 5.17. The van der Waals surface area contributed by atoms with Crippen molar-refractivity contribution in [1.82, 2.24) is 15.5 Å². The van der Waals surface area contributed by atoms with E-state index in [0.29, 0.717) is 6.61 Å². The van der Waals surface area contributed by atoms with Crippen LogP contribution in [0.1, 0.15) is 35.0 Å². The molecule has 1 heterocycles. The highest BCUT2D eigenvalue weighted by atomic mass is 16.5. The van der Waals surface area contributed by atoms with Crippen LogP contribution < -0.4 is 10.1 Å². The second-order valence-corrected chi connectivity index (χ2v) is 5.17. The van der Waals surface area contributed by atoms with E-state index < -0.39 is 0 Å². The first-order valence-corrected chi connectivity index (χ1v) is 7.04. The Balaban J connectivity index is 2.06. The minimum absolute atomic E-state index is 0.494. The summed E-state index contributed by atoms with van der Waals surface area (Å²) in [7, 11) is 0. The van der Waals surface area contributed by atoms with Gasteiger partial charge in [-0.05, 0) is 50.6 Å². The van der Waals surface area contributed by atoms with Crippen molar-refractivity contribution in [2.75, 3.05) is 6.54 Å². The van der Waals surface area contributed by atoms with E-state index in [-0.39, 0.29) is 0 Å². The molecule has 2 N–H and O–H groups in total. The van der Waals surface area contributed by atoms with Gasteiger partial charge in [-0.1, -0.05) is 13.0 Å². The molecule has 2 rings (SSSR count). The Bertz CT molecular complexity index is 555. The lowest BCUT2D eigenvalue weighted by atomic mass is 10.1. The van der Waals surface area contributed by atoms with Crippen LogP contribution in [0.25, 0.3) is 0 Å². The summed E-state index contributed by atoms with van der Waals surface area (Å²) in [6, 6.07) is 6.25. The standard InChI is InChI=1S/C16H23N3O/c1-5-17-9-15-13(4)18-19-16(15)10-20-14-7-11(2)6-12(3)8-14/h6-8,17H,5,9-10H2,1-4H3,(H,18,19). The first-order valence-electron chi connectivity index (χ1n) is 7.04. The highest BCUT2D eigenvalue weighted by molar-refractivity contribution is 5.33. The molecule has 20 heavy (non-hydrogen) atoms. The quantitative estimate of drug-likeness (QED) is 0.850. The zero-order valence-corrected chi connectivity index (χ0v) is 12.7. The number of rotatable bonds is 6. The third kappa shape index (κ3) is 3.61. The summed E-state index contributed by atoms with van der Waals surface area (Å²) in [4.78, 5) is 0. The molecular formula is C16H23N3O. The number of benzene rings is 1.